The number of rotatable bonds is 5. The molecule has 2 aliphatic heterocycles. The van der Waals surface area contributed by atoms with Crippen LogP contribution >= 0.6 is 0 Å². The zero-order valence-corrected chi connectivity index (χ0v) is 14.5. The minimum atomic E-state index is -0.167. The lowest BCUT2D eigenvalue weighted by atomic mass is 10.1. The quantitative estimate of drug-likeness (QED) is 0.756. The highest BCUT2D eigenvalue weighted by atomic mass is 16.2. The highest BCUT2D eigenvalue weighted by Gasteiger charge is 2.34. The Morgan fingerprint density at radius 1 is 0.885 bits per heavy atom. The first-order valence-corrected chi connectivity index (χ1v) is 8.92. The van der Waals surface area contributed by atoms with Crippen LogP contribution in [0.15, 0.2) is 42.9 Å². The van der Waals surface area contributed by atoms with Gasteiger partial charge in [0, 0.05) is 38.9 Å². The van der Waals surface area contributed by atoms with Crippen molar-refractivity contribution in [3.05, 3.63) is 54.0 Å². The maximum atomic E-state index is 12.4. The summed E-state index contributed by atoms with van der Waals surface area (Å²) >= 11 is 0. The minimum absolute atomic E-state index is 0.167. The molecule has 26 heavy (non-hydrogen) atoms. The number of piperazine rings is 1. The third-order valence-electron chi connectivity index (χ3n) is 5.00. The Morgan fingerprint density at radius 2 is 1.58 bits per heavy atom. The lowest BCUT2D eigenvalue weighted by molar-refractivity contribution is 0.0647. The molecule has 2 amide bonds. The van der Waals surface area contributed by atoms with Crippen molar-refractivity contribution < 1.29 is 9.59 Å². The molecule has 3 heterocycles. The topological polar surface area (TPSA) is 69.6 Å². The van der Waals surface area contributed by atoms with E-state index in [1.165, 1.54) is 4.90 Å². The predicted molar refractivity (Wildman–Crippen MR) is 97.1 cm³/mol. The molecule has 0 bridgehead atoms. The summed E-state index contributed by atoms with van der Waals surface area (Å²) in [5.74, 6) is 0.629. The summed E-state index contributed by atoms with van der Waals surface area (Å²) in [7, 11) is 0. The van der Waals surface area contributed by atoms with Gasteiger partial charge in [-0.25, -0.2) is 9.97 Å². The van der Waals surface area contributed by atoms with Gasteiger partial charge in [0.15, 0.2) is 0 Å². The number of anilines is 1. The zero-order chi connectivity index (χ0) is 17.9. The molecule has 4 rings (SSSR count). The van der Waals surface area contributed by atoms with Crippen LogP contribution in [-0.4, -0.2) is 70.9 Å². The molecule has 1 fully saturated rings. The van der Waals surface area contributed by atoms with E-state index in [4.69, 9.17) is 0 Å². The highest BCUT2D eigenvalue weighted by Crippen LogP contribution is 2.22. The fraction of sp³-hybridized carbons (Fsp3) is 0.368. The van der Waals surface area contributed by atoms with Gasteiger partial charge in [0.05, 0.1) is 11.1 Å². The summed E-state index contributed by atoms with van der Waals surface area (Å²) in [6.07, 6.45) is 4.12. The van der Waals surface area contributed by atoms with Crippen LogP contribution in [-0.2, 0) is 0 Å². The van der Waals surface area contributed by atoms with E-state index in [-0.39, 0.29) is 11.8 Å². The van der Waals surface area contributed by atoms with Crippen LogP contribution in [0.2, 0.25) is 0 Å². The van der Waals surface area contributed by atoms with Gasteiger partial charge >= 0.3 is 0 Å². The van der Waals surface area contributed by atoms with Crippen LogP contribution < -0.4 is 4.90 Å². The lowest BCUT2D eigenvalue weighted by Crippen LogP contribution is -2.47. The van der Waals surface area contributed by atoms with Crippen LogP contribution in [0.3, 0.4) is 0 Å². The summed E-state index contributed by atoms with van der Waals surface area (Å²) in [4.78, 5) is 39.0. The maximum Gasteiger partial charge on any atom is 0.261 e. The second-order valence-electron chi connectivity index (χ2n) is 6.56. The van der Waals surface area contributed by atoms with Crippen molar-refractivity contribution in [3.8, 4) is 0 Å². The Morgan fingerprint density at radius 3 is 2.19 bits per heavy atom. The Labute approximate surface area is 152 Å². The molecule has 0 aliphatic carbocycles. The molecule has 0 radical (unpaired) electrons. The van der Waals surface area contributed by atoms with Gasteiger partial charge in [-0.2, -0.15) is 0 Å². The van der Waals surface area contributed by atoms with Gasteiger partial charge in [0.25, 0.3) is 11.8 Å². The lowest BCUT2D eigenvalue weighted by Gasteiger charge is -2.35. The Hall–Kier alpha value is -2.80. The van der Waals surface area contributed by atoms with Gasteiger partial charge in [-0.1, -0.05) is 12.1 Å². The standard InChI is InChI=1S/C19H21N5O2/c25-18-15-4-1-2-5-16(15)19(26)24(18)9-3-8-22-10-12-23(13-11-22)17-6-7-20-14-21-17/h1-2,4-7,14H,3,8-13H2. The van der Waals surface area contributed by atoms with E-state index < -0.39 is 0 Å². The molecule has 2 aliphatic rings. The van der Waals surface area contributed by atoms with Gasteiger partial charge in [-0.05, 0) is 31.2 Å². The van der Waals surface area contributed by atoms with Crippen LogP contribution in [0.1, 0.15) is 27.1 Å². The Balaban J connectivity index is 1.25. The second kappa shape index (κ2) is 7.21. The number of fused-ring (bicyclic) bond motifs is 1. The number of aromatic nitrogens is 2. The van der Waals surface area contributed by atoms with Gasteiger partial charge in [-0.3, -0.25) is 19.4 Å². The van der Waals surface area contributed by atoms with Crippen LogP contribution in [0.5, 0.6) is 0 Å². The van der Waals surface area contributed by atoms with Crippen LogP contribution in [0.25, 0.3) is 0 Å². The van der Waals surface area contributed by atoms with Crippen molar-refractivity contribution in [1.82, 2.24) is 19.8 Å². The first-order valence-electron chi connectivity index (χ1n) is 8.92. The van der Waals surface area contributed by atoms with Crippen molar-refractivity contribution in [3.63, 3.8) is 0 Å². The van der Waals surface area contributed by atoms with E-state index in [0.717, 1.165) is 45.0 Å². The zero-order valence-electron chi connectivity index (χ0n) is 14.5. The number of nitrogens with zero attached hydrogens (tertiary/aromatic N) is 5. The monoisotopic (exact) mass is 351 g/mol. The fourth-order valence-electron chi connectivity index (χ4n) is 3.57. The molecule has 0 atom stereocenters. The molecule has 1 saturated heterocycles. The van der Waals surface area contributed by atoms with E-state index >= 15 is 0 Å². The summed E-state index contributed by atoms with van der Waals surface area (Å²) < 4.78 is 0. The molecule has 0 saturated carbocycles. The number of amides is 2. The first-order chi connectivity index (χ1) is 12.7. The molecule has 1 aromatic heterocycles. The average Bonchev–Trinajstić information content (AvgIpc) is 2.94. The van der Waals surface area contributed by atoms with E-state index in [1.54, 1.807) is 36.8 Å². The summed E-state index contributed by atoms with van der Waals surface area (Å²) in [6.45, 7) is 5.09. The predicted octanol–water partition coefficient (Wildman–Crippen LogP) is 1.28. The molecule has 0 unspecified atom stereocenters. The summed E-state index contributed by atoms with van der Waals surface area (Å²) in [5.41, 5.74) is 1.05. The molecule has 134 valence electrons. The van der Waals surface area contributed by atoms with Crippen LogP contribution in [0.4, 0.5) is 5.82 Å². The van der Waals surface area contributed by atoms with E-state index in [0.29, 0.717) is 17.7 Å². The largest absolute Gasteiger partial charge is 0.354 e. The molecule has 0 N–H and O–H groups in total. The highest BCUT2D eigenvalue weighted by molar-refractivity contribution is 6.21. The van der Waals surface area contributed by atoms with Gasteiger partial charge in [0.1, 0.15) is 12.1 Å². The molecular formula is C19H21N5O2. The smallest absolute Gasteiger partial charge is 0.261 e. The van der Waals surface area contributed by atoms with Gasteiger partial charge < -0.3 is 4.90 Å². The number of carbonyl (C=O) groups is 2. The Bertz CT molecular complexity index is 768. The molecule has 0 spiro atoms. The molecular weight excluding hydrogens is 330 g/mol. The number of benzene rings is 1. The molecule has 1 aromatic carbocycles. The fourth-order valence-corrected chi connectivity index (χ4v) is 3.57. The third-order valence-corrected chi connectivity index (χ3v) is 5.00. The van der Waals surface area contributed by atoms with E-state index in [2.05, 4.69) is 19.8 Å². The number of imide groups is 1. The summed E-state index contributed by atoms with van der Waals surface area (Å²) in [6, 6.07) is 8.97. The SMILES string of the molecule is O=C1c2ccccc2C(=O)N1CCCN1CCN(c2ccncn2)CC1. The molecule has 7 nitrogen and oxygen atoms in total. The normalized spacial score (nSPS) is 17.7. The summed E-state index contributed by atoms with van der Waals surface area (Å²) in [5, 5.41) is 0. The molecule has 7 heteroatoms. The van der Waals surface area contributed by atoms with Crippen molar-refractivity contribution in [2.24, 2.45) is 0 Å². The second-order valence-corrected chi connectivity index (χ2v) is 6.56. The minimum Gasteiger partial charge on any atom is -0.354 e. The Kier molecular flexibility index (Phi) is 4.62. The number of hydrogen-bond acceptors (Lipinski definition) is 6. The maximum absolute atomic E-state index is 12.4. The van der Waals surface area contributed by atoms with Gasteiger partial charge in [0.2, 0.25) is 0 Å². The molecule has 2 aromatic rings. The van der Waals surface area contributed by atoms with E-state index in [1.807, 2.05) is 6.07 Å². The number of hydrogen-bond donors (Lipinski definition) is 0. The van der Waals surface area contributed by atoms with Gasteiger partial charge in [-0.15, -0.1) is 0 Å². The van der Waals surface area contributed by atoms with Crippen LogP contribution in [0, 0.1) is 0 Å². The number of carbonyl (C=O) groups excluding carboxylic acids is 2. The first kappa shape index (κ1) is 16.7. The average molecular weight is 351 g/mol. The van der Waals surface area contributed by atoms with Crippen molar-refractivity contribution in [2.75, 3.05) is 44.2 Å². The van der Waals surface area contributed by atoms with Crippen molar-refractivity contribution in [2.45, 2.75) is 6.42 Å². The van der Waals surface area contributed by atoms with E-state index in [9.17, 15) is 9.59 Å². The van der Waals surface area contributed by atoms with Crippen molar-refractivity contribution >= 4 is 17.6 Å². The van der Waals surface area contributed by atoms with Crippen molar-refractivity contribution in [1.29, 1.82) is 0 Å². The third kappa shape index (κ3) is 3.17.